The van der Waals surface area contributed by atoms with Crippen molar-refractivity contribution >= 4 is 23.2 Å². The SMILES string of the molecule is CC1(CF)OC(c2ccccc2Cl)=Nc2ccccc21. The van der Waals surface area contributed by atoms with Gasteiger partial charge in [0.05, 0.1) is 16.3 Å². The number of alkyl halides is 1. The Hall–Kier alpha value is -1.87. The maximum absolute atomic E-state index is 13.5. The van der Waals surface area contributed by atoms with Crippen molar-refractivity contribution in [3.8, 4) is 0 Å². The standard InChI is InChI=1S/C16H13ClFNO/c1-16(10-18)12-7-3-5-9-14(12)19-15(20-16)11-6-2-4-8-13(11)17/h2-9H,10H2,1H3. The molecule has 20 heavy (non-hydrogen) atoms. The molecule has 1 heterocycles. The van der Waals surface area contributed by atoms with Gasteiger partial charge in [-0.3, -0.25) is 0 Å². The van der Waals surface area contributed by atoms with Crippen molar-refractivity contribution in [2.45, 2.75) is 12.5 Å². The van der Waals surface area contributed by atoms with Gasteiger partial charge in [-0.25, -0.2) is 9.38 Å². The number of halogens is 2. The number of fused-ring (bicyclic) bond motifs is 1. The molecule has 0 radical (unpaired) electrons. The Kier molecular flexibility index (Phi) is 3.22. The van der Waals surface area contributed by atoms with Crippen LogP contribution in [0.15, 0.2) is 53.5 Å². The largest absolute Gasteiger partial charge is 0.463 e. The lowest BCUT2D eigenvalue weighted by Gasteiger charge is -2.33. The smallest absolute Gasteiger partial charge is 0.223 e. The van der Waals surface area contributed by atoms with Gasteiger partial charge in [0.15, 0.2) is 5.60 Å². The fourth-order valence-corrected chi connectivity index (χ4v) is 2.48. The Morgan fingerprint density at radius 1 is 1.15 bits per heavy atom. The lowest BCUT2D eigenvalue weighted by molar-refractivity contribution is 0.0422. The van der Waals surface area contributed by atoms with E-state index in [1.54, 1.807) is 13.0 Å². The van der Waals surface area contributed by atoms with Crippen LogP contribution in [-0.4, -0.2) is 12.6 Å². The number of hydrogen-bond donors (Lipinski definition) is 0. The van der Waals surface area contributed by atoms with Crippen molar-refractivity contribution in [3.05, 3.63) is 64.7 Å². The van der Waals surface area contributed by atoms with Crippen LogP contribution in [0.5, 0.6) is 0 Å². The second-order valence-corrected chi connectivity index (χ2v) is 5.29. The predicted octanol–water partition coefficient (Wildman–Crippen LogP) is 4.63. The molecule has 1 unspecified atom stereocenters. The zero-order valence-corrected chi connectivity index (χ0v) is 11.7. The Labute approximate surface area is 121 Å². The molecule has 3 rings (SSSR count). The first-order valence-corrected chi connectivity index (χ1v) is 6.70. The molecule has 0 aliphatic carbocycles. The predicted molar refractivity (Wildman–Crippen MR) is 78.5 cm³/mol. The molecule has 1 aliphatic heterocycles. The molecule has 102 valence electrons. The molecule has 0 bridgehead atoms. The van der Waals surface area contributed by atoms with E-state index in [9.17, 15) is 4.39 Å². The first kappa shape index (κ1) is 13.1. The summed E-state index contributed by atoms with van der Waals surface area (Å²) in [6, 6.07) is 14.7. The van der Waals surface area contributed by atoms with Gasteiger partial charge < -0.3 is 4.74 Å². The van der Waals surface area contributed by atoms with Crippen LogP contribution in [0.1, 0.15) is 18.1 Å². The van der Waals surface area contributed by atoms with Crippen molar-refractivity contribution in [3.63, 3.8) is 0 Å². The third-order valence-electron chi connectivity index (χ3n) is 3.38. The van der Waals surface area contributed by atoms with Crippen LogP contribution in [0, 0.1) is 0 Å². The summed E-state index contributed by atoms with van der Waals surface area (Å²) in [5, 5.41) is 0.534. The molecule has 0 spiro atoms. The second-order valence-electron chi connectivity index (χ2n) is 4.88. The van der Waals surface area contributed by atoms with Crippen LogP contribution in [-0.2, 0) is 10.3 Å². The second kappa shape index (κ2) is 4.91. The fourth-order valence-electron chi connectivity index (χ4n) is 2.27. The number of benzene rings is 2. The van der Waals surface area contributed by atoms with Crippen molar-refractivity contribution < 1.29 is 9.13 Å². The number of aliphatic imine (C=N–C) groups is 1. The average Bonchev–Trinajstić information content (AvgIpc) is 2.48. The average molecular weight is 290 g/mol. The Morgan fingerprint density at radius 2 is 1.85 bits per heavy atom. The molecule has 4 heteroatoms. The topological polar surface area (TPSA) is 21.6 Å². The number of rotatable bonds is 2. The van der Waals surface area contributed by atoms with Gasteiger partial charge in [0.1, 0.15) is 6.67 Å². The lowest BCUT2D eigenvalue weighted by atomic mass is 9.94. The van der Waals surface area contributed by atoms with E-state index in [1.807, 2.05) is 42.5 Å². The lowest BCUT2D eigenvalue weighted by Crippen LogP contribution is -2.34. The van der Waals surface area contributed by atoms with E-state index in [2.05, 4.69) is 4.99 Å². The quantitative estimate of drug-likeness (QED) is 0.789. The molecule has 2 aromatic rings. The maximum Gasteiger partial charge on any atom is 0.223 e. The summed E-state index contributed by atoms with van der Waals surface area (Å²) in [5.41, 5.74) is 1.10. The van der Waals surface area contributed by atoms with Crippen molar-refractivity contribution in [2.75, 3.05) is 6.67 Å². The van der Waals surface area contributed by atoms with E-state index < -0.39 is 12.3 Å². The van der Waals surface area contributed by atoms with Crippen LogP contribution in [0.3, 0.4) is 0 Å². The normalized spacial score (nSPS) is 20.9. The summed E-state index contributed by atoms with van der Waals surface area (Å²) in [6.07, 6.45) is 0. The molecule has 2 aromatic carbocycles. The van der Waals surface area contributed by atoms with Crippen LogP contribution in [0.2, 0.25) is 5.02 Å². The van der Waals surface area contributed by atoms with Crippen LogP contribution >= 0.6 is 11.6 Å². The number of ether oxygens (including phenoxy) is 1. The van der Waals surface area contributed by atoms with Gasteiger partial charge in [0.25, 0.3) is 0 Å². The minimum Gasteiger partial charge on any atom is -0.463 e. The highest BCUT2D eigenvalue weighted by Crippen LogP contribution is 2.39. The van der Waals surface area contributed by atoms with Gasteiger partial charge in [0, 0.05) is 5.56 Å². The summed E-state index contributed by atoms with van der Waals surface area (Å²) >= 11 is 6.17. The van der Waals surface area contributed by atoms with Gasteiger partial charge in [-0.2, -0.15) is 0 Å². The van der Waals surface area contributed by atoms with Gasteiger partial charge in [-0.15, -0.1) is 0 Å². The molecular weight excluding hydrogens is 277 g/mol. The van der Waals surface area contributed by atoms with E-state index >= 15 is 0 Å². The molecule has 0 N–H and O–H groups in total. The van der Waals surface area contributed by atoms with Gasteiger partial charge >= 0.3 is 0 Å². The van der Waals surface area contributed by atoms with E-state index in [0.717, 1.165) is 5.56 Å². The zero-order chi connectivity index (χ0) is 14.2. The number of nitrogens with zero attached hydrogens (tertiary/aromatic N) is 1. The van der Waals surface area contributed by atoms with Gasteiger partial charge in [0.2, 0.25) is 5.90 Å². The van der Waals surface area contributed by atoms with Gasteiger partial charge in [-0.1, -0.05) is 41.9 Å². The molecule has 0 amide bonds. The molecule has 0 aromatic heterocycles. The highest BCUT2D eigenvalue weighted by atomic mass is 35.5. The molecule has 2 nitrogen and oxygen atoms in total. The Morgan fingerprint density at radius 3 is 2.60 bits per heavy atom. The summed E-state index contributed by atoms with van der Waals surface area (Å²) in [7, 11) is 0. The van der Waals surface area contributed by atoms with Crippen LogP contribution < -0.4 is 0 Å². The van der Waals surface area contributed by atoms with Crippen molar-refractivity contribution in [1.29, 1.82) is 0 Å². The minimum atomic E-state index is -1.03. The van der Waals surface area contributed by atoms with Gasteiger partial charge in [-0.05, 0) is 25.1 Å². The highest BCUT2D eigenvalue weighted by Gasteiger charge is 2.36. The van der Waals surface area contributed by atoms with E-state index in [0.29, 0.717) is 22.2 Å². The summed E-state index contributed by atoms with van der Waals surface area (Å²) < 4.78 is 19.3. The molecule has 1 atom stereocenters. The van der Waals surface area contributed by atoms with Crippen LogP contribution in [0.25, 0.3) is 0 Å². The summed E-state index contributed by atoms with van der Waals surface area (Å²) in [6.45, 7) is 1.09. The third-order valence-corrected chi connectivity index (χ3v) is 3.71. The maximum atomic E-state index is 13.5. The molecule has 1 aliphatic rings. The van der Waals surface area contributed by atoms with E-state index in [4.69, 9.17) is 16.3 Å². The first-order valence-electron chi connectivity index (χ1n) is 6.32. The van der Waals surface area contributed by atoms with Crippen molar-refractivity contribution in [1.82, 2.24) is 0 Å². The Bertz CT molecular complexity index is 686. The summed E-state index contributed by atoms with van der Waals surface area (Å²) in [4.78, 5) is 4.46. The number of hydrogen-bond acceptors (Lipinski definition) is 2. The monoisotopic (exact) mass is 289 g/mol. The molecule has 0 fully saturated rings. The fraction of sp³-hybridized carbons (Fsp3) is 0.188. The van der Waals surface area contributed by atoms with E-state index in [-0.39, 0.29) is 0 Å². The summed E-state index contributed by atoms with van der Waals surface area (Å²) in [5.74, 6) is 0.356. The first-order chi connectivity index (χ1) is 9.64. The zero-order valence-electron chi connectivity index (χ0n) is 10.9. The highest BCUT2D eigenvalue weighted by molar-refractivity contribution is 6.33. The third kappa shape index (κ3) is 2.08. The Balaban J connectivity index is 2.17. The molecule has 0 saturated heterocycles. The molecule has 0 saturated carbocycles. The van der Waals surface area contributed by atoms with Crippen molar-refractivity contribution in [2.24, 2.45) is 4.99 Å². The molecular formula is C16H13ClFNO. The minimum absolute atomic E-state index is 0.356. The number of para-hydroxylation sites is 1. The van der Waals surface area contributed by atoms with E-state index in [1.165, 1.54) is 0 Å². The van der Waals surface area contributed by atoms with Crippen LogP contribution in [0.4, 0.5) is 10.1 Å².